The number of likely N-dealkylation sites (tertiary alicyclic amines) is 1. The van der Waals surface area contributed by atoms with Crippen molar-refractivity contribution in [3.05, 3.63) is 71.1 Å². The van der Waals surface area contributed by atoms with Crippen LogP contribution in [0.1, 0.15) is 53.0 Å². The predicted molar refractivity (Wildman–Crippen MR) is 134 cm³/mol. The number of carbonyl (C=O) groups is 2. The largest absolute Gasteiger partial charge is 0.496 e. The molecule has 0 unspecified atom stereocenters. The predicted octanol–water partition coefficient (Wildman–Crippen LogP) is 3.92. The van der Waals surface area contributed by atoms with E-state index in [9.17, 15) is 9.59 Å². The average molecular weight is 466 g/mol. The first-order valence-corrected chi connectivity index (χ1v) is 11.8. The molecule has 1 aromatic carbocycles. The molecule has 1 saturated heterocycles. The highest BCUT2D eigenvalue weighted by Gasteiger charge is 2.23. The number of aromatic nitrogens is 1. The van der Waals surface area contributed by atoms with Crippen molar-refractivity contribution in [2.24, 2.45) is 5.73 Å². The maximum atomic E-state index is 12.4. The highest BCUT2D eigenvalue weighted by molar-refractivity contribution is 5.99. The number of hydrogen-bond acceptors (Lipinski definition) is 5. The number of aryl methyl sites for hydroxylation is 1. The van der Waals surface area contributed by atoms with E-state index in [4.69, 9.17) is 15.2 Å². The van der Waals surface area contributed by atoms with Gasteiger partial charge in [0.05, 0.1) is 19.3 Å². The fraction of sp³-hybridized carbons (Fsp3) is 0.407. The third-order valence-corrected chi connectivity index (χ3v) is 6.44. The van der Waals surface area contributed by atoms with Gasteiger partial charge in [-0.3, -0.25) is 4.79 Å². The molecule has 1 aromatic heterocycles. The van der Waals surface area contributed by atoms with Gasteiger partial charge in [-0.2, -0.15) is 0 Å². The van der Waals surface area contributed by atoms with Crippen LogP contribution in [-0.2, 0) is 16.0 Å². The van der Waals surface area contributed by atoms with Crippen LogP contribution in [0.2, 0.25) is 0 Å². The van der Waals surface area contributed by atoms with Crippen LogP contribution in [-0.4, -0.2) is 54.7 Å². The standard InChI is InChI=1S/C27H35N3O4/c1-5-20(26(28)31)18-24-19(3)10-17-30(24)21-11-14-29(15-12-21)16-13-22-23(27(32)34-6-2)8-7-9-25(22)33-4/h5,7-10,17-18,21H,1,6,11-16H2,2-4H3,(H2,28,31)/b20-18+. The molecular formula is C27H35N3O4. The van der Waals surface area contributed by atoms with Gasteiger partial charge in [-0.05, 0) is 62.9 Å². The zero-order valence-electron chi connectivity index (χ0n) is 20.4. The van der Waals surface area contributed by atoms with E-state index in [0.717, 1.165) is 49.3 Å². The molecule has 1 aliphatic heterocycles. The zero-order valence-corrected chi connectivity index (χ0v) is 20.4. The van der Waals surface area contributed by atoms with E-state index in [1.807, 2.05) is 25.1 Å². The summed E-state index contributed by atoms with van der Waals surface area (Å²) in [6, 6.07) is 7.92. The molecular weight excluding hydrogens is 430 g/mol. The summed E-state index contributed by atoms with van der Waals surface area (Å²) in [6.45, 7) is 10.6. The fourth-order valence-electron chi connectivity index (χ4n) is 4.55. The number of primary amides is 1. The monoisotopic (exact) mass is 465 g/mol. The van der Waals surface area contributed by atoms with Gasteiger partial charge < -0.3 is 24.7 Å². The number of esters is 1. The Morgan fingerprint density at radius 2 is 1.97 bits per heavy atom. The zero-order chi connectivity index (χ0) is 24.7. The number of rotatable bonds is 10. The van der Waals surface area contributed by atoms with Crippen LogP contribution in [0.3, 0.4) is 0 Å². The van der Waals surface area contributed by atoms with Gasteiger partial charge in [0, 0.05) is 48.7 Å². The number of nitrogens with zero attached hydrogens (tertiary/aromatic N) is 2. The number of ether oxygens (including phenoxy) is 2. The first kappa shape index (κ1) is 25.3. The summed E-state index contributed by atoms with van der Waals surface area (Å²) in [5.41, 5.74) is 9.45. The van der Waals surface area contributed by atoms with Gasteiger partial charge in [0.25, 0.3) is 0 Å². The van der Waals surface area contributed by atoms with E-state index in [2.05, 4.69) is 28.3 Å². The quantitative estimate of drug-likeness (QED) is 0.327. The molecule has 7 nitrogen and oxygen atoms in total. The Balaban J connectivity index is 1.67. The molecule has 182 valence electrons. The maximum absolute atomic E-state index is 12.4. The summed E-state index contributed by atoms with van der Waals surface area (Å²) in [7, 11) is 1.63. The Bertz CT molecular complexity index is 1060. The number of carbonyl (C=O) groups excluding carboxylic acids is 2. The minimum absolute atomic E-state index is 0.312. The lowest BCUT2D eigenvalue weighted by atomic mass is 10.0. The van der Waals surface area contributed by atoms with E-state index in [-0.39, 0.29) is 5.97 Å². The second-order valence-electron chi connectivity index (χ2n) is 8.49. The molecule has 1 fully saturated rings. The van der Waals surface area contributed by atoms with Crippen molar-refractivity contribution < 1.29 is 19.1 Å². The van der Waals surface area contributed by atoms with Crippen molar-refractivity contribution in [1.29, 1.82) is 0 Å². The number of methoxy groups -OCH3 is 1. The highest BCUT2D eigenvalue weighted by atomic mass is 16.5. The number of benzene rings is 1. The van der Waals surface area contributed by atoms with Crippen LogP contribution in [0.4, 0.5) is 0 Å². The van der Waals surface area contributed by atoms with Gasteiger partial charge in [0.15, 0.2) is 0 Å². The lowest BCUT2D eigenvalue weighted by Crippen LogP contribution is -2.36. The fourth-order valence-corrected chi connectivity index (χ4v) is 4.55. The van der Waals surface area contributed by atoms with Crippen LogP contribution in [0.5, 0.6) is 5.75 Å². The first-order valence-electron chi connectivity index (χ1n) is 11.8. The lowest BCUT2D eigenvalue weighted by Gasteiger charge is -2.33. The molecule has 0 spiro atoms. The SMILES string of the molecule is C=C/C(=C\c1c(C)ccn1C1CCN(CCc2c(OC)cccc2C(=O)OCC)CC1)C(N)=O. The summed E-state index contributed by atoms with van der Waals surface area (Å²) in [5, 5.41) is 0. The van der Waals surface area contributed by atoms with Gasteiger partial charge >= 0.3 is 5.97 Å². The molecule has 7 heteroatoms. The third-order valence-electron chi connectivity index (χ3n) is 6.44. The van der Waals surface area contributed by atoms with Gasteiger partial charge in [0.1, 0.15) is 5.75 Å². The third kappa shape index (κ3) is 5.78. The summed E-state index contributed by atoms with van der Waals surface area (Å²) in [5.74, 6) is -0.0730. The molecule has 0 bridgehead atoms. The van der Waals surface area contributed by atoms with Gasteiger partial charge in [0.2, 0.25) is 5.91 Å². The van der Waals surface area contributed by atoms with Gasteiger partial charge in [-0.1, -0.05) is 18.7 Å². The van der Waals surface area contributed by atoms with Crippen molar-refractivity contribution >= 4 is 18.0 Å². The smallest absolute Gasteiger partial charge is 0.338 e. The van der Waals surface area contributed by atoms with Crippen LogP contribution < -0.4 is 10.5 Å². The Morgan fingerprint density at radius 3 is 2.59 bits per heavy atom. The summed E-state index contributed by atoms with van der Waals surface area (Å²) in [4.78, 5) is 26.5. The van der Waals surface area contributed by atoms with E-state index in [0.29, 0.717) is 36.0 Å². The average Bonchev–Trinajstić information content (AvgIpc) is 3.20. The van der Waals surface area contributed by atoms with Crippen molar-refractivity contribution in [3.63, 3.8) is 0 Å². The molecule has 0 radical (unpaired) electrons. The highest BCUT2D eigenvalue weighted by Crippen LogP contribution is 2.29. The molecule has 2 N–H and O–H groups in total. The molecule has 2 aromatic rings. The first-order chi connectivity index (χ1) is 16.4. The van der Waals surface area contributed by atoms with Crippen LogP contribution in [0, 0.1) is 6.92 Å². The number of hydrogen-bond donors (Lipinski definition) is 1. The van der Waals surface area contributed by atoms with Gasteiger partial charge in [-0.25, -0.2) is 4.79 Å². The molecule has 0 atom stereocenters. The minimum atomic E-state index is -0.476. The lowest BCUT2D eigenvalue weighted by molar-refractivity contribution is -0.114. The van der Waals surface area contributed by atoms with Crippen molar-refractivity contribution in [2.45, 2.75) is 39.2 Å². The van der Waals surface area contributed by atoms with Crippen molar-refractivity contribution in [3.8, 4) is 5.75 Å². The van der Waals surface area contributed by atoms with E-state index < -0.39 is 5.91 Å². The van der Waals surface area contributed by atoms with Crippen LogP contribution in [0.15, 0.2) is 48.7 Å². The molecule has 0 saturated carbocycles. The van der Waals surface area contributed by atoms with Gasteiger partial charge in [-0.15, -0.1) is 0 Å². The Labute approximate surface area is 201 Å². The summed E-state index contributed by atoms with van der Waals surface area (Å²) in [6.07, 6.45) is 8.11. The molecule has 0 aliphatic carbocycles. The van der Waals surface area contributed by atoms with Crippen LogP contribution >= 0.6 is 0 Å². The van der Waals surface area contributed by atoms with E-state index in [1.54, 1.807) is 20.1 Å². The van der Waals surface area contributed by atoms with E-state index in [1.165, 1.54) is 6.08 Å². The van der Waals surface area contributed by atoms with Crippen molar-refractivity contribution in [2.75, 3.05) is 33.4 Å². The Morgan fingerprint density at radius 1 is 1.24 bits per heavy atom. The Hall–Kier alpha value is -3.32. The molecule has 2 heterocycles. The topological polar surface area (TPSA) is 86.8 Å². The molecule has 3 rings (SSSR count). The Kier molecular flexibility index (Phi) is 8.71. The second kappa shape index (κ2) is 11.7. The second-order valence-corrected chi connectivity index (χ2v) is 8.49. The summed E-state index contributed by atoms with van der Waals surface area (Å²) < 4.78 is 13.0. The summed E-state index contributed by atoms with van der Waals surface area (Å²) >= 11 is 0. The molecule has 1 aliphatic rings. The van der Waals surface area contributed by atoms with Crippen molar-refractivity contribution in [1.82, 2.24) is 9.47 Å². The molecule has 1 amide bonds. The maximum Gasteiger partial charge on any atom is 0.338 e. The number of nitrogens with two attached hydrogens (primary N) is 1. The minimum Gasteiger partial charge on any atom is -0.496 e. The normalized spacial score (nSPS) is 15.2. The number of amides is 1. The van der Waals surface area contributed by atoms with E-state index >= 15 is 0 Å². The molecule has 34 heavy (non-hydrogen) atoms. The van der Waals surface area contributed by atoms with Crippen LogP contribution in [0.25, 0.3) is 6.08 Å². The number of piperidine rings is 1.